The van der Waals surface area contributed by atoms with Gasteiger partial charge in [-0.3, -0.25) is 4.79 Å². The zero-order chi connectivity index (χ0) is 17.4. The van der Waals surface area contributed by atoms with Crippen molar-refractivity contribution in [1.82, 2.24) is 4.57 Å². The lowest BCUT2D eigenvalue weighted by molar-refractivity contribution is -0.117. The smallest absolute Gasteiger partial charge is 0.189 e. The topological polar surface area (TPSA) is 39.1 Å². The zero-order valence-corrected chi connectivity index (χ0v) is 15.0. The highest BCUT2D eigenvalue weighted by molar-refractivity contribution is 5.79. The molecule has 0 aliphatic carbocycles. The minimum Gasteiger partial charge on any atom is -0.347 e. The second kappa shape index (κ2) is 9.41. The predicted molar refractivity (Wildman–Crippen MR) is 101 cm³/mol. The summed E-state index contributed by atoms with van der Waals surface area (Å²) in [5.41, 5.74) is 2.27. The number of carbonyl (C=O) groups excluding carboxylic acids is 1. The Morgan fingerprint density at radius 3 is 2.29 bits per heavy atom. The van der Waals surface area contributed by atoms with E-state index in [0.29, 0.717) is 5.78 Å². The van der Waals surface area contributed by atoms with Crippen LogP contribution < -0.4 is 5.43 Å². The maximum atomic E-state index is 12.2. The first-order valence-electron chi connectivity index (χ1n) is 9.16. The number of hydrogen-bond acceptors (Lipinski definition) is 2. The molecule has 130 valence electrons. The molecule has 0 unspecified atom stereocenters. The largest absolute Gasteiger partial charge is 0.347 e. The van der Waals surface area contributed by atoms with Crippen LogP contribution in [0, 0.1) is 0 Å². The van der Waals surface area contributed by atoms with E-state index in [0.717, 1.165) is 42.3 Å². The Bertz CT molecular complexity index is 730. The van der Waals surface area contributed by atoms with Crippen LogP contribution in [0.15, 0.2) is 35.1 Å². The molecule has 3 nitrogen and oxygen atoms in total. The summed E-state index contributed by atoms with van der Waals surface area (Å²) in [5, 5.41) is 0.800. The summed E-state index contributed by atoms with van der Waals surface area (Å²) < 4.78 is 2.15. The molecular weight excluding hydrogens is 298 g/mol. The molecule has 2 aromatic rings. The van der Waals surface area contributed by atoms with Gasteiger partial charge in [0.05, 0.1) is 5.52 Å². The highest BCUT2D eigenvalue weighted by atomic mass is 16.1. The first kappa shape index (κ1) is 18.4. The van der Waals surface area contributed by atoms with E-state index < -0.39 is 0 Å². The lowest BCUT2D eigenvalue weighted by Gasteiger charge is -2.12. The third kappa shape index (κ3) is 5.33. The third-order valence-electron chi connectivity index (χ3n) is 4.72. The molecule has 0 saturated carbocycles. The molecular formula is C21H29NO2. The van der Waals surface area contributed by atoms with Gasteiger partial charge in [0.15, 0.2) is 5.43 Å². The van der Waals surface area contributed by atoms with Crippen LogP contribution in [0.5, 0.6) is 0 Å². The van der Waals surface area contributed by atoms with Gasteiger partial charge in [0.2, 0.25) is 0 Å². The monoisotopic (exact) mass is 327 g/mol. The minimum atomic E-state index is 0.129. The Labute approximate surface area is 144 Å². The molecule has 0 saturated heterocycles. The molecule has 0 amide bonds. The van der Waals surface area contributed by atoms with Gasteiger partial charge < -0.3 is 9.36 Å². The normalized spacial score (nSPS) is 11.1. The van der Waals surface area contributed by atoms with Gasteiger partial charge in [0, 0.05) is 30.6 Å². The lowest BCUT2D eigenvalue weighted by Crippen LogP contribution is -2.11. The SMILES string of the molecule is CC(=O)CCCCCCCCCc1cc(=O)c2ccccc2n1C. The average molecular weight is 327 g/mol. The number of pyridine rings is 1. The molecule has 0 aliphatic rings. The molecule has 1 heterocycles. The van der Waals surface area contributed by atoms with Crippen molar-refractivity contribution in [3.05, 3.63) is 46.2 Å². The van der Waals surface area contributed by atoms with E-state index in [1.54, 1.807) is 13.0 Å². The van der Waals surface area contributed by atoms with Gasteiger partial charge in [-0.2, -0.15) is 0 Å². The molecule has 0 N–H and O–H groups in total. The molecule has 24 heavy (non-hydrogen) atoms. The van der Waals surface area contributed by atoms with E-state index in [9.17, 15) is 9.59 Å². The van der Waals surface area contributed by atoms with Gasteiger partial charge >= 0.3 is 0 Å². The summed E-state index contributed by atoms with van der Waals surface area (Å²) in [6, 6.07) is 9.61. The summed E-state index contributed by atoms with van der Waals surface area (Å²) in [7, 11) is 2.05. The highest BCUT2D eigenvalue weighted by Crippen LogP contribution is 2.14. The number of para-hydroxylation sites is 1. The molecule has 0 atom stereocenters. The first-order valence-corrected chi connectivity index (χ1v) is 9.16. The van der Waals surface area contributed by atoms with Gasteiger partial charge in [-0.05, 0) is 38.3 Å². The number of Topliss-reactive ketones (excluding diaryl/α,β-unsaturated/α-hetero) is 1. The number of unbranched alkanes of at least 4 members (excludes halogenated alkanes) is 6. The maximum absolute atomic E-state index is 12.2. The maximum Gasteiger partial charge on any atom is 0.189 e. The molecule has 1 aromatic heterocycles. The van der Waals surface area contributed by atoms with Crippen LogP contribution in [0.3, 0.4) is 0 Å². The van der Waals surface area contributed by atoms with Crippen LogP contribution in [0.4, 0.5) is 0 Å². The summed E-state index contributed by atoms with van der Waals surface area (Å²) in [5.74, 6) is 0.302. The number of aromatic nitrogens is 1. The fraction of sp³-hybridized carbons (Fsp3) is 0.524. The molecule has 0 radical (unpaired) electrons. The van der Waals surface area contributed by atoms with Crippen molar-refractivity contribution in [3.8, 4) is 0 Å². The molecule has 1 aromatic carbocycles. The third-order valence-corrected chi connectivity index (χ3v) is 4.72. The van der Waals surface area contributed by atoms with Gasteiger partial charge in [0.1, 0.15) is 5.78 Å². The van der Waals surface area contributed by atoms with Crippen LogP contribution in [0.2, 0.25) is 0 Å². The van der Waals surface area contributed by atoms with E-state index in [2.05, 4.69) is 4.57 Å². The van der Waals surface area contributed by atoms with Crippen LogP contribution in [0.1, 0.15) is 64.0 Å². The number of nitrogens with zero attached hydrogens (tertiary/aromatic N) is 1. The number of aryl methyl sites for hydroxylation is 2. The second-order valence-corrected chi connectivity index (χ2v) is 6.75. The standard InChI is InChI=1S/C21H29NO2/c1-17(23)12-8-6-4-3-5-7-9-13-18-16-21(24)19-14-10-11-15-20(19)22(18)2/h10-11,14-16H,3-9,12-13H2,1-2H3. The highest BCUT2D eigenvalue weighted by Gasteiger charge is 2.05. The molecule has 3 heteroatoms. The molecule has 0 spiro atoms. The van der Waals surface area contributed by atoms with Crippen molar-refractivity contribution in [3.63, 3.8) is 0 Å². The quantitative estimate of drug-likeness (QED) is 0.588. The fourth-order valence-corrected chi connectivity index (χ4v) is 3.26. The molecule has 0 aliphatic heterocycles. The van der Waals surface area contributed by atoms with E-state index in [1.165, 1.54) is 32.1 Å². The van der Waals surface area contributed by atoms with E-state index >= 15 is 0 Å². The molecule has 2 rings (SSSR count). The Morgan fingerprint density at radius 1 is 0.958 bits per heavy atom. The Balaban J connectivity index is 1.73. The Morgan fingerprint density at radius 2 is 1.58 bits per heavy atom. The zero-order valence-electron chi connectivity index (χ0n) is 15.0. The van der Waals surface area contributed by atoms with E-state index in [4.69, 9.17) is 0 Å². The van der Waals surface area contributed by atoms with Crippen LogP contribution >= 0.6 is 0 Å². The first-order chi connectivity index (χ1) is 11.6. The number of hydrogen-bond donors (Lipinski definition) is 0. The summed E-state index contributed by atoms with van der Waals surface area (Å²) in [6.45, 7) is 1.67. The predicted octanol–water partition coefficient (Wildman–Crippen LogP) is 4.79. The Kier molecular flexibility index (Phi) is 7.23. The van der Waals surface area contributed by atoms with Crippen molar-refractivity contribution in [2.75, 3.05) is 0 Å². The van der Waals surface area contributed by atoms with Crippen molar-refractivity contribution in [2.45, 2.75) is 64.7 Å². The fourth-order valence-electron chi connectivity index (χ4n) is 3.26. The van der Waals surface area contributed by atoms with Crippen molar-refractivity contribution in [2.24, 2.45) is 7.05 Å². The van der Waals surface area contributed by atoms with Crippen molar-refractivity contribution < 1.29 is 4.79 Å². The summed E-state index contributed by atoms with van der Waals surface area (Å²) in [4.78, 5) is 23.1. The number of benzene rings is 1. The van der Waals surface area contributed by atoms with Gasteiger partial charge in [-0.15, -0.1) is 0 Å². The number of carbonyl (C=O) groups is 1. The van der Waals surface area contributed by atoms with Crippen LogP contribution in [-0.2, 0) is 18.3 Å². The van der Waals surface area contributed by atoms with E-state index in [-0.39, 0.29) is 5.43 Å². The number of fused-ring (bicyclic) bond motifs is 1. The number of ketones is 1. The van der Waals surface area contributed by atoms with Crippen LogP contribution in [-0.4, -0.2) is 10.4 Å². The van der Waals surface area contributed by atoms with Gasteiger partial charge in [0.25, 0.3) is 0 Å². The van der Waals surface area contributed by atoms with Gasteiger partial charge in [-0.25, -0.2) is 0 Å². The van der Waals surface area contributed by atoms with E-state index in [1.807, 2.05) is 31.3 Å². The minimum absolute atomic E-state index is 0.129. The molecule has 0 fully saturated rings. The summed E-state index contributed by atoms with van der Waals surface area (Å²) >= 11 is 0. The number of rotatable bonds is 10. The van der Waals surface area contributed by atoms with Crippen molar-refractivity contribution in [1.29, 1.82) is 0 Å². The second-order valence-electron chi connectivity index (χ2n) is 6.75. The van der Waals surface area contributed by atoms with Gasteiger partial charge in [-0.1, -0.05) is 44.2 Å². The van der Waals surface area contributed by atoms with Crippen molar-refractivity contribution >= 4 is 16.7 Å². The molecule has 0 bridgehead atoms. The average Bonchev–Trinajstić information content (AvgIpc) is 2.57. The van der Waals surface area contributed by atoms with Crippen LogP contribution in [0.25, 0.3) is 10.9 Å². The lowest BCUT2D eigenvalue weighted by atomic mass is 10.0. The Hall–Kier alpha value is -1.90. The summed E-state index contributed by atoms with van der Waals surface area (Å²) in [6.07, 6.45) is 9.93.